The standard InChI is InChI=1S/C13H23NS/c1-2-3-4-5-6-7-8-9-13-12-14-10-11-15-13/h10-12,14H,2-9H2,1H3. The van der Waals surface area contributed by atoms with E-state index in [0.717, 1.165) is 0 Å². The molecule has 0 atom stereocenters. The second-order valence-electron chi connectivity index (χ2n) is 4.07. The second-order valence-corrected chi connectivity index (χ2v) is 5.10. The zero-order valence-electron chi connectivity index (χ0n) is 9.80. The summed E-state index contributed by atoms with van der Waals surface area (Å²) in [5.41, 5.74) is 0. The van der Waals surface area contributed by atoms with Crippen LogP contribution < -0.4 is 5.32 Å². The molecule has 0 aromatic carbocycles. The average Bonchev–Trinajstić information content (AvgIpc) is 2.29. The maximum Gasteiger partial charge on any atom is 0.0104 e. The molecule has 0 unspecified atom stereocenters. The summed E-state index contributed by atoms with van der Waals surface area (Å²) in [5, 5.41) is 5.26. The van der Waals surface area contributed by atoms with Crippen LogP contribution in [0.5, 0.6) is 0 Å². The molecular formula is C13H23NS. The van der Waals surface area contributed by atoms with Gasteiger partial charge in [-0.2, -0.15) is 0 Å². The lowest BCUT2D eigenvalue weighted by molar-refractivity contribution is 0.591. The molecular weight excluding hydrogens is 202 g/mol. The molecule has 0 spiro atoms. The van der Waals surface area contributed by atoms with Crippen LogP contribution >= 0.6 is 11.8 Å². The zero-order valence-corrected chi connectivity index (χ0v) is 10.6. The molecule has 15 heavy (non-hydrogen) atoms. The van der Waals surface area contributed by atoms with Crippen LogP contribution in [0.3, 0.4) is 0 Å². The van der Waals surface area contributed by atoms with Gasteiger partial charge in [0.1, 0.15) is 0 Å². The molecule has 86 valence electrons. The van der Waals surface area contributed by atoms with E-state index in [0.29, 0.717) is 0 Å². The highest BCUT2D eigenvalue weighted by atomic mass is 32.2. The summed E-state index contributed by atoms with van der Waals surface area (Å²) in [6.07, 6.45) is 15.1. The number of nitrogens with one attached hydrogen (secondary N) is 1. The zero-order chi connectivity index (χ0) is 10.8. The number of thioether (sulfide) groups is 1. The quantitative estimate of drug-likeness (QED) is 0.597. The van der Waals surface area contributed by atoms with Crippen LogP contribution in [-0.4, -0.2) is 0 Å². The molecule has 0 saturated heterocycles. The van der Waals surface area contributed by atoms with Gasteiger partial charge in [-0.25, -0.2) is 0 Å². The largest absolute Gasteiger partial charge is 0.366 e. The first-order valence-electron chi connectivity index (χ1n) is 6.20. The highest BCUT2D eigenvalue weighted by Crippen LogP contribution is 2.24. The van der Waals surface area contributed by atoms with E-state index in [4.69, 9.17) is 0 Å². The van der Waals surface area contributed by atoms with Crippen molar-refractivity contribution in [2.45, 2.75) is 58.3 Å². The average molecular weight is 225 g/mol. The predicted molar refractivity (Wildman–Crippen MR) is 70.6 cm³/mol. The maximum atomic E-state index is 3.14. The highest BCUT2D eigenvalue weighted by Gasteiger charge is 1.99. The summed E-state index contributed by atoms with van der Waals surface area (Å²) < 4.78 is 0. The molecule has 1 N–H and O–H groups in total. The smallest absolute Gasteiger partial charge is 0.0104 e. The first kappa shape index (κ1) is 12.7. The molecule has 1 nitrogen and oxygen atoms in total. The normalized spacial score (nSPS) is 14.9. The topological polar surface area (TPSA) is 12.0 Å². The van der Waals surface area contributed by atoms with Gasteiger partial charge >= 0.3 is 0 Å². The third-order valence-corrected chi connectivity index (χ3v) is 3.55. The van der Waals surface area contributed by atoms with Crippen molar-refractivity contribution < 1.29 is 0 Å². The number of allylic oxidation sites excluding steroid dienone is 1. The Labute approximate surface area is 98.4 Å². The third kappa shape index (κ3) is 6.67. The third-order valence-electron chi connectivity index (χ3n) is 2.65. The lowest BCUT2D eigenvalue weighted by atomic mass is 10.1. The van der Waals surface area contributed by atoms with Crippen molar-refractivity contribution in [3.05, 3.63) is 22.7 Å². The Morgan fingerprint density at radius 2 is 1.80 bits per heavy atom. The van der Waals surface area contributed by atoms with E-state index >= 15 is 0 Å². The van der Waals surface area contributed by atoms with Crippen LogP contribution in [0.2, 0.25) is 0 Å². The molecule has 2 heteroatoms. The van der Waals surface area contributed by atoms with Crippen molar-refractivity contribution in [2.24, 2.45) is 0 Å². The fourth-order valence-corrected chi connectivity index (χ4v) is 2.44. The molecule has 0 fully saturated rings. The van der Waals surface area contributed by atoms with Crippen LogP contribution in [0.4, 0.5) is 0 Å². The SMILES string of the molecule is CCCCCCCCCC1=CNC=CS1. The summed E-state index contributed by atoms with van der Waals surface area (Å²) in [7, 11) is 0. The Morgan fingerprint density at radius 1 is 1.07 bits per heavy atom. The number of hydrogen-bond donors (Lipinski definition) is 1. The molecule has 1 rings (SSSR count). The monoisotopic (exact) mass is 225 g/mol. The van der Waals surface area contributed by atoms with Crippen molar-refractivity contribution in [3.63, 3.8) is 0 Å². The van der Waals surface area contributed by atoms with Crippen LogP contribution in [0.25, 0.3) is 0 Å². The van der Waals surface area contributed by atoms with Crippen molar-refractivity contribution in [1.29, 1.82) is 0 Å². The molecule has 0 amide bonds. The van der Waals surface area contributed by atoms with Gasteiger partial charge in [0.15, 0.2) is 0 Å². The van der Waals surface area contributed by atoms with Gasteiger partial charge in [-0.1, -0.05) is 57.2 Å². The van der Waals surface area contributed by atoms with Gasteiger partial charge in [0.05, 0.1) is 0 Å². The van der Waals surface area contributed by atoms with Gasteiger partial charge in [-0.05, 0) is 18.2 Å². The Hall–Kier alpha value is -0.370. The van der Waals surface area contributed by atoms with E-state index in [-0.39, 0.29) is 0 Å². The van der Waals surface area contributed by atoms with Gasteiger partial charge < -0.3 is 5.32 Å². The van der Waals surface area contributed by atoms with Gasteiger partial charge in [-0.15, -0.1) is 0 Å². The number of rotatable bonds is 8. The Kier molecular flexibility index (Phi) is 7.53. The fraction of sp³-hybridized carbons (Fsp3) is 0.692. The van der Waals surface area contributed by atoms with E-state index in [1.54, 1.807) is 0 Å². The summed E-state index contributed by atoms with van der Waals surface area (Å²) >= 11 is 1.85. The summed E-state index contributed by atoms with van der Waals surface area (Å²) in [6.45, 7) is 2.27. The molecule has 0 radical (unpaired) electrons. The van der Waals surface area contributed by atoms with Crippen molar-refractivity contribution in [3.8, 4) is 0 Å². The molecule has 1 aliphatic heterocycles. The van der Waals surface area contributed by atoms with E-state index in [9.17, 15) is 0 Å². The minimum Gasteiger partial charge on any atom is -0.366 e. The first-order chi connectivity index (χ1) is 7.43. The van der Waals surface area contributed by atoms with Crippen molar-refractivity contribution in [2.75, 3.05) is 0 Å². The van der Waals surface area contributed by atoms with Crippen LogP contribution in [-0.2, 0) is 0 Å². The minimum atomic E-state index is 1.25. The van der Waals surface area contributed by atoms with Gasteiger partial charge in [0.25, 0.3) is 0 Å². The van der Waals surface area contributed by atoms with E-state index < -0.39 is 0 Å². The Bertz CT molecular complexity index is 209. The Morgan fingerprint density at radius 3 is 2.47 bits per heavy atom. The summed E-state index contributed by atoms with van der Waals surface area (Å²) in [6, 6.07) is 0. The molecule has 0 bridgehead atoms. The lowest BCUT2D eigenvalue weighted by Gasteiger charge is -2.08. The summed E-state index contributed by atoms with van der Waals surface area (Å²) in [5.74, 6) is 0. The molecule has 1 heterocycles. The van der Waals surface area contributed by atoms with E-state index in [1.807, 2.05) is 18.0 Å². The van der Waals surface area contributed by atoms with Crippen LogP contribution in [0.15, 0.2) is 22.7 Å². The predicted octanol–water partition coefficient (Wildman–Crippen LogP) is 4.78. The van der Waals surface area contributed by atoms with Gasteiger partial charge in [0, 0.05) is 17.3 Å². The van der Waals surface area contributed by atoms with Gasteiger partial charge in [-0.3, -0.25) is 0 Å². The van der Waals surface area contributed by atoms with Crippen LogP contribution in [0.1, 0.15) is 58.3 Å². The fourth-order valence-electron chi connectivity index (χ4n) is 1.72. The molecule has 0 aromatic heterocycles. The first-order valence-corrected chi connectivity index (χ1v) is 7.08. The van der Waals surface area contributed by atoms with Gasteiger partial charge in [0.2, 0.25) is 0 Å². The Balaban J connectivity index is 1.86. The molecule has 0 saturated carbocycles. The molecule has 0 aromatic rings. The number of unbranched alkanes of at least 4 members (excludes halogenated alkanes) is 6. The maximum absolute atomic E-state index is 3.14. The van der Waals surface area contributed by atoms with E-state index in [2.05, 4.69) is 23.8 Å². The van der Waals surface area contributed by atoms with Crippen LogP contribution in [0, 0.1) is 0 Å². The van der Waals surface area contributed by atoms with Crippen molar-refractivity contribution in [1.82, 2.24) is 5.32 Å². The second kappa shape index (κ2) is 8.90. The minimum absolute atomic E-state index is 1.25. The van der Waals surface area contributed by atoms with E-state index in [1.165, 1.54) is 56.3 Å². The molecule has 1 aliphatic rings. The summed E-state index contributed by atoms with van der Waals surface area (Å²) in [4.78, 5) is 1.48. The number of hydrogen-bond acceptors (Lipinski definition) is 2. The highest BCUT2D eigenvalue weighted by molar-refractivity contribution is 8.05. The molecule has 0 aliphatic carbocycles. The van der Waals surface area contributed by atoms with Crippen molar-refractivity contribution >= 4 is 11.8 Å². The lowest BCUT2D eigenvalue weighted by Crippen LogP contribution is -1.97.